The van der Waals surface area contributed by atoms with Gasteiger partial charge in [0.2, 0.25) is 5.91 Å². The number of hydrogen-bond acceptors (Lipinski definition) is 3. The number of halogens is 3. The Morgan fingerprint density at radius 2 is 2.11 bits per heavy atom. The van der Waals surface area contributed by atoms with Crippen molar-refractivity contribution in [3.05, 3.63) is 63.9 Å². The molecule has 2 N–H and O–H groups in total. The van der Waals surface area contributed by atoms with Crippen LogP contribution in [0.4, 0.5) is 10.1 Å². The summed E-state index contributed by atoms with van der Waals surface area (Å²) in [5, 5.41) is 6.78. The Bertz CT molecular complexity index is 793. The molecule has 1 atom stereocenters. The Kier molecular flexibility index (Phi) is 7.62. The molecule has 1 saturated heterocycles. The summed E-state index contributed by atoms with van der Waals surface area (Å²) in [5.74, 6) is -0.387. The van der Waals surface area contributed by atoms with Crippen molar-refractivity contribution in [1.82, 2.24) is 10.2 Å². The number of hydrogen-bond donors (Lipinski definition) is 2. The lowest BCUT2D eigenvalue weighted by atomic mass is 10.0. The molecule has 0 aliphatic carbocycles. The lowest BCUT2D eigenvalue weighted by Gasteiger charge is -2.36. The molecule has 2 aromatic rings. The molecule has 1 aliphatic rings. The Balaban J connectivity index is 0.00000261. The van der Waals surface area contributed by atoms with Gasteiger partial charge in [0, 0.05) is 25.7 Å². The summed E-state index contributed by atoms with van der Waals surface area (Å²) in [6, 6.07) is 10.3. The predicted molar refractivity (Wildman–Crippen MR) is 110 cm³/mol. The van der Waals surface area contributed by atoms with Crippen molar-refractivity contribution >= 4 is 35.6 Å². The highest BCUT2D eigenvalue weighted by molar-refractivity contribution is 6.34. The Hall–Kier alpha value is -1.66. The van der Waals surface area contributed by atoms with Crippen LogP contribution < -0.4 is 10.6 Å². The minimum Gasteiger partial charge on any atom is -0.323 e. The number of piperazine rings is 1. The van der Waals surface area contributed by atoms with Crippen LogP contribution in [0.5, 0.6) is 0 Å². The van der Waals surface area contributed by atoms with Gasteiger partial charge in [-0.25, -0.2) is 4.39 Å². The summed E-state index contributed by atoms with van der Waals surface area (Å²) in [5.41, 5.74) is 3.51. The summed E-state index contributed by atoms with van der Waals surface area (Å²) in [4.78, 5) is 14.7. The molecule has 1 unspecified atom stereocenters. The number of nitrogens with zero attached hydrogens (tertiary/aromatic N) is 1. The first-order valence-corrected chi connectivity index (χ1v) is 9.08. The van der Waals surface area contributed by atoms with Crippen molar-refractivity contribution in [3.8, 4) is 0 Å². The van der Waals surface area contributed by atoms with Gasteiger partial charge in [-0.1, -0.05) is 29.8 Å². The quantitative estimate of drug-likeness (QED) is 0.795. The predicted octanol–water partition coefficient (Wildman–Crippen LogP) is 4.10. The second-order valence-corrected chi connectivity index (χ2v) is 7.14. The maximum absolute atomic E-state index is 13.6. The third-order valence-corrected chi connectivity index (χ3v) is 4.93. The number of carbonyl (C=O) groups excluding carboxylic acids is 1. The number of rotatable bonds is 4. The van der Waals surface area contributed by atoms with Gasteiger partial charge in [-0.05, 0) is 48.7 Å². The molecule has 0 aromatic heterocycles. The van der Waals surface area contributed by atoms with Gasteiger partial charge in [-0.2, -0.15) is 0 Å². The van der Waals surface area contributed by atoms with E-state index in [1.54, 1.807) is 6.07 Å². The van der Waals surface area contributed by atoms with Crippen molar-refractivity contribution in [1.29, 1.82) is 0 Å². The number of benzene rings is 2. The molecular weight excluding hydrogens is 388 g/mol. The lowest BCUT2D eigenvalue weighted by Crippen LogP contribution is -2.48. The van der Waals surface area contributed by atoms with Gasteiger partial charge in [0.05, 0.1) is 17.3 Å². The molecule has 4 nitrogen and oxygen atoms in total. The summed E-state index contributed by atoms with van der Waals surface area (Å²) in [7, 11) is 0. The van der Waals surface area contributed by atoms with Crippen LogP contribution in [0.15, 0.2) is 36.4 Å². The van der Waals surface area contributed by atoms with E-state index < -0.39 is 0 Å². The highest BCUT2D eigenvalue weighted by Gasteiger charge is 2.26. The number of aryl methyl sites for hydroxylation is 2. The third kappa shape index (κ3) is 5.42. The fraction of sp³-hybridized carbons (Fsp3) is 0.350. The molecule has 1 amide bonds. The first kappa shape index (κ1) is 21.6. The number of amides is 1. The van der Waals surface area contributed by atoms with Crippen LogP contribution >= 0.6 is 24.0 Å². The van der Waals surface area contributed by atoms with E-state index in [1.165, 1.54) is 12.1 Å². The summed E-state index contributed by atoms with van der Waals surface area (Å²) >= 11 is 6.28. The second-order valence-electron chi connectivity index (χ2n) is 6.73. The molecule has 2 aromatic carbocycles. The number of nitrogens with one attached hydrogen (secondary N) is 2. The SMILES string of the molecule is Cc1cc(C)c(NC(=O)CN2CCNCC2c2cccc(F)c2)c(Cl)c1.Cl. The topological polar surface area (TPSA) is 44.4 Å². The van der Waals surface area contributed by atoms with Crippen LogP contribution in [0.2, 0.25) is 5.02 Å². The molecule has 3 rings (SSSR count). The normalized spacial score (nSPS) is 17.3. The summed E-state index contributed by atoms with van der Waals surface area (Å²) in [6.45, 7) is 6.32. The van der Waals surface area contributed by atoms with E-state index in [-0.39, 0.29) is 36.7 Å². The zero-order valence-electron chi connectivity index (χ0n) is 15.4. The fourth-order valence-corrected chi connectivity index (χ4v) is 3.78. The van der Waals surface area contributed by atoms with Crippen LogP contribution in [0.25, 0.3) is 0 Å². The van der Waals surface area contributed by atoms with Crippen molar-refractivity contribution in [2.24, 2.45) is 0 Å². The van der Waals surface area contributed by atoms with Crippen LogP contribution in [0.3, 0.4) is 0 Å². The van der Waals surface area contributed by atoms with Crippen LogP contribution in [-0.2, 0) is 4.79 Å². The molecule has 0 spiro atoms. The Morgan fingerprint density at radius 3 is 2.81 bits per heavy atom. The van der Waals surface area contributed by atoms with E-state index in [9.17, 15) is 9.18 Å². The van der Waals surface area contributed by atoms with E-state index in [0.29, 0.717) is 17.3 Å². The van der Waals surface area contributed by atoms with Crippen molar-refractivity contribution in [2.45, 2.75) is 19.9 Å². The van der Waals surface area contributed by atoms with Crippen molar-refractivity contribution < 1.29 is 9.18 Å². The van der Waals surface area contributed by atoms with E-state index in [1.807, 2.05) is 32.0 Å². The molecule has 0 radical (unpaired) electrons. The van der Waals surface area contributed by atoms with Gasteiger partial charge < -0.3 is 10.6 Å². The molecule has 27 heavy (non-hydrogen) atoms. The minimum absolute atomic E-state index is 0. The van der Waals surface area contributed by atoms with Gasteiger partial charge in [-0.15, -0.1) is 12.4 Å². The standard InChI is InChI=1S/C20H23ClFN3O.ClH/c1-13-8-14(2)20(17(21)9-13)24-19(26)12-25-7-6-23-11-18(25)15-4-3-5-16(22)10-15;/h3-5,8-10,18,23H,6-7,11-12H2,1-2H3,(H,24,26);1H. The van der Waals surface area contributed by atoms with E-state index in [2.05, 4.69) is 15.5 Å². The van der Waals surface area contributed by atoms with Crippen LogP contribution in [0.1, 0.15) is 22.7 Å². The lowest BCUT2D eigenvalue weighted by molar-refractivity contribution is -0.118. The molecule has 0 bridgehead atoms. The molecule has 0 saturated carbocycles. The van der Waals surface area contributed by atoms with Gasteiger partial charge in [0.15, 0.2) is 0 Å². The van der Waals surface area contributed by atoms with Gasteiger partial charge in [0.25, 0.3) is 0 Å². The van der Waals surface area contributed by atoms with Crippen molar-refractivity contribution in [2.75, 3.05) is 31.5 Å². The summed E-state index contributed by atoms with van der Waals surface area (Å²) in [6.07, 6.45) is 0. The monoisotopic (exact) mass is 411 g/mol. The Labute approximate surface area is 170 Å². The third-order valence-electron chi connectivity index (χ3n) is 4.63. The van der Waals surface area contributed by atoms with Crippen LogP contribution in [-0.4, -0.2) is 37.0 Å². The molecule has 1 heterocycles. The van der Waals surface area contributed by atoms with Crippen LogP contribution in [0, 0.1) is 19.7 Å². The Morgan fingerprint density at radius 1 is 1.33 bits per heavy atom. The largest absolute Gasteiger partial charge is 0.323 e. The van der Waals surface area contributed by atoms with Crippen molar-refractivity contribution in [3.63, 3.8) is 0 Å². The van der Waals surface area contributed by atoms with E-state index in [4.69, 9.17) is 11.6 Å². The van der Waals surface area contributed by atoms with E-state index >= 15 is 0 Å². The zero-order chi connectivity index (χ0) is 18.7. The molecule has 7 heteroatoms. The highest BCUT2D eigenvalue weighted by atomic mass is 35.5. The number of anilines is 1. The van der Waals surface area contributed by atoms with Gasteiger partial charge >= 0.3 is 0 Å². The molecule has 1 fully saturated rings. The smallest absolute Gasteiger partial charge is 0.238 e. The minimum atomic E-state index is -0.264. The number of carbonyl (C=O) groups is 1. The van der Waals surface area contributed by atoms with Gasteiger partial charge in [-0.3, -0.25) is 9.69 Å². The maximum atomic E-state index is 13.6. The molecular formula is C20H24Cl2FN3O. The highest BCUT2D eigenvalue weighted by Crippen LogP contribution is 2.28. The maximum Gasteiger partial charge on any atom is 0.238 e. The van der Waals surface area contributed by atoms with Gasteiger partial charge in [0.1, 0.15) is 5.82 Å². The first-order chi connectivity index (χ1) is 12.4. The fourth-order valence-electron chi connectivity index (χ4n) is 3.42. The molecule has 146 valence electrons. The first-order valence-electron chi connectivity index (χ1n) is 8.71. The van der Waals surface area contributed by atoms with E-state index in [0.717, 1.165) is 29.8 Å². The molecule has 1 aliphatic heterocycles. The summed E-state index contributed by atoms with van der Waals surface area (Å²) < 4.78 is 13.6. The average molecular weight is 412 g/mol. The zero-order valence-corrected chi connectivity index (χ0v) is 17.0. The second kappa shape index (κ2) is 9.51. The average Bonchev–Trinajstić information content (AvgIpc) is 2.58.